The standard InChI is InChI=1S/C23H23FN2O5S2/c1-15-13-20(16(2)32-15)23(27)25-21-14-19(33(28,29)26-9-11-30-12-10-26)7-8-22(21)31-18-5-3-17(24)4-6-18/h3-8,13-14H,9-12H2,1-2H3,(H,25,27). The van der Waals surface area contributed by atoms with E-state index >= 15 is 0 Å². The van der Waals surface area contributed by atoms with Crippen molar-refractivity contribution in [1.29, 1.82) is 0 Å². The molecule has 1 aliphatic rings. The van der Waals surface area contributed by atoms with Crippen molar-refractivity contribution >= 4 is 33.0 Å². The lowest BCUT2D eigenvalue weighted by molar-refractivity contribution is 0.0730. The molecule has 1 fully saturated rings. The average Bonchev–Trinajstić information content (AvgIpc) is 3.15. The van der Waals surface area contributed by atoms with Gasteiger partial charge in [-0.15, -0.1) is 11.3 Å². The van der Waals surface area contributed by atoms with E-state index < -0.39 is 15.8 Å². The van der Waals surface area contributed by atoms with Gasteiger partial charge in [-0.05, 0) is 62.4 Å². The van der Waals surface area contributed by atoms with Crippen molar-refractivity contribution in [2.45, 2.75) is 18.7 Å². The lowest BCUT2D eigenvalue weighted by Gasteiger charge is -2.26. The van der Waals surface area contributed by atoms with Crippen molar-refractivity contribution < 1.29 is 27.1 Å². The Labute approximate surface area is 195 Å². The van der Waals surface area contributed by atoms with Crippen LogP contribution in [-0.4, -0.2) is 44.9 Å². The first-order valence-electron chi connectivity index (χ1n) is 10.3. The fraction of sp³-hybridized carbons (Fsp3) is 0.261. The van der Waals surface area contributed by atoms with E-state index in [4.69, 9.17) is 9.47 Å². The molecule has 1 aliphatic heterocycles. The Hall–Kier alpha value is -2.79. The van der Waals surface area contributed by atoms with Crippen LogP contribution in [0.5, 0.6) is 11.5 Å². The van der Waals surface area contributed by atoms with Crippen molar-refractivity contribution in [2.24, 2.45) is 0 Å². The van der Waals surface area contributed by atoms with E-state index in [9.17, 15) is 17.6 Å². The number of amides is 1. The van der Waals surface area contributed by atoms with Gasteiger partial charge < -0.3 is 14.8 Å². The molecule has 2 aromatic carbocycles. The van der Waals surface area contributed by atoms with Gasteiger partial charge in [0.1, 0.15) is 11.6 Å². The molecular formula is C23H23FN2O5S2. The van der Waals surface area contributed by atoms with Crippen LogP contribution in [0.1, 0.15) is 20.1 Å². The number of nitrogens with one attached hydrogen (secondary N) is 1. The van der Waals surface area contributed by atoms with Gasteiger partial charge in [0.05, 0.1) is 29.4 Å². The van der Waals surface area contributed by atoms with Gasteiger partial charge in [-0.1, -0.05) is 0 Å². The van der Waals surface area contributed by atoms with E-state index in [1.54, 1.807) is 6.07 Å². The van der Waals surface area contributed by atoms with Crippen LogP contribution in [0.4, 0.5) is 10.1 Å². The van der Waals surface area contributed by atoms with Gasteiger partial charge in [0, 0.05) is 22.8 Å². The predicted molar refractivity (Wildman–Crippen MR) is 124 cm³/mol. The highest BCUT2D eigenvalue weighted by Gasteiger charge is 2.27. The molecular weight excluding hydrogens is 467 g/mol. The second kappa shape index (κ2) is 9.60. The number of carbonyl (C=O) groups excluding carboxylic acids is 1. The third-order valence-electron chi connectivity index (χ3n) is 5.13. The molecule has 0 saturated carbocycles. The van der Waals surface area contributed by atoms with Gasteiger partial charge in [-0.25, -0.2) is 12.8 Å². The Bertz CT molecular complexity index is 1270. The van der Waals surface area contributed by atoms with Crippen LogP contribution in [0, 0.1) is 19.7 Å². The number of carbonyl (C=O) groups is 1. The second-order valence-electron chi connectivity index (χ2n) is 7.51. The molecule has 0 atom stereocenters. The molecule has 33 heavy (non-hydrogen) atoms. The van der Waals surface area contributed by atoms with E-state index in [0.29, 0.717) is 24.5 Å². The monoisotopic (exact) mass is 490 g/mol. The van der Waals surface area contributed by atoms with Crippen molar-refractivity contribution in [3.8, 4) is 11.5 Å². The van der Waals surface area contributed by atoms with Crippen LogP contribution in [-0.2, 0) is 14.8 Å². The number of aryl methyl sites for hydroxylation is 2. The molecule has 1 amide bonds. The number of hydrogen-bond donors (Lipinski definition) is 1. The lowest BCUT2D eigenvalue weighted by atomic mass is 10.2. The minimum absolute atomic E-state index is 0.0318. The first kappa shape index (κ1) is 23.4. The Morgan fingerprint density at radius 2 is 1.79 bits per heavy atom. The zero-order valence-electron chi connectivity index (χ0n) is 18.1. The maximum Gasteiger partial charge on any atom is 0.256 e. The summed E-state index contributed by atoms with van der Waals surface area (Å²) in [5.41, 5.74) is 0.702. The second-order valence-corrected chi connectivity index (χ2v) is 10.9. The summed E-state index contributed by atoms with van der Waals surface area (Å²) in [6.07, 6.45) is 0. The molecule has 1 N–H and O–H groups in total. The van der Waals surface area contributed by atoms with Crippen LogP contribution in [0.2, 0.25) is 0 Å². The minimum Gasteiger partial charge on any atom is -0.455 e. The molecule has 3 aromatic rings. The molecule has 7 nitrogen and oxygen atoms in total. The lowest BCUT2D eigenvalue weighted by Crippen LogP contribution is -2.40. The third kappa shape index (κ3) is 5.25. The van der Waals surface area contributed by atoms with Crippen LogP contribution in [0.3, 0.4) is 0 Å². The number of thiophene rings is 1. The molecule has 4 rings (SSSR count). The van der Waals surface area contributed by atoms with E-state index in [1.807, 2.05) is 13.8 Å². The fourth-order valence-corrected chi connectivity index (χ4v) is 5.82. The highest BCUT2D eigenvalue weighted by atomic mass is 32.2. The molecule has 1 aromatic heterocycles. The number of rotatable bonds is 6. The molecule has 174 valence electrons. The number of ether oxygens (including phenoxy) is 2. The highest BCUT2D eigenvalue weighted by Crippen LogP contribution is 2.34. The Morgan fingerprint density at radius 3 is 2.42 bits per heavy atom. The van der Waals surface area contributed by atoms with Crippen molar-refractivity contribution in [1.82, 2.24) is 4.31 Å². The van der Waals surface area contributed by atoms with Gasteiger partial charge in [0.25, 0.3) is 5.91 Å². The number of hydrogen-bond acceptors (Lipinski definition) is 6. The topological polar surface area (TPSA) is 84.9 Å². The summed E-state index contributed by atoms with van der Waals surface area (Å²) in [5, 5.41) is 2.79. The van der Waals surface area contributed by atoms with E-state index in [0.717, 1.165) is 9.75 Å². The number of sulfonamides is 1. The Balaban J connectivity index is 1.70. The SMILES string of the molecule is Cc1cc(C(=O)Nc2cc(S(=O)(=O)N3CCOCC3)ccc2Oc2ccc(F)cc2)c(C)s1. The Morgan fingerprint density at radius 1 is 1.09 bits per heavy atom. The zero-order chi connectivity index (χ0) is 23.6. The van der Waals surface area contributed by atoms with Crippen molar-refractivity contribution in [3.63, 3.8) is 0 Å². The number of halogens is 1. The van der Waals surface area contributed by atoms with Gasteiger partial charge in [0.15, 0.2) is 5.75 Å². The van der Waals surface area contributed by atoms with E-state index in [-0.39, 0.29) is 35.3 Å². The quantitative estimate of drug-likeness (QED) is 0.547. The number of morpholine rings is 1. The van der Waals surface area contributed by atoms with Gasteiger partial charge in [0.2, 0.25) is 10.0 Å². The zero-order valence-corrected chi connectivity index (χ0v) is 19.8. The molecule has 1 saturated heterocycles. The number of benzene rings is 2. The molecule has 0 bridgehead atoms. The maximum absolute atomic E-state index is 13.3. The van der Waals surface area contributed by atoms with Crippen LogP contribution >= 0.6 is 11.3 Å². The minimum atomic E-state index is -3.79. The summed E-state index contributed by atoms with van der Waals surface area (Å²) in [6, 6.07) is 11.5. The summed E-state index contributed by atoms with van der Waals surface area (Å²) >= 11 is 1.50. The molecule has 2 heterocycles. The first-order valence-corrected chi connectivity index (χ1v) is 12.5. The fourth-order valence-electron chi connectivity index (χ4n) is 3.47. The van der Waals surface area contributed by atoms with E-state index in [2.05, 4.69) is 5.32 Å². The van der Waals surface area contributed by atoms with Crippen LogP contribution in [0.25, 0.3) is 0 Å². The molecule has 10 heteroatoms. The smallest absolute Gasteiger partial charge is 0.256 e. The van der Waals surface area contributed by atoms with Crippen LogP contribution in [0.15, 0.2) is 53.4 Å². The first-order chi connectivity index (χ1) is 15.7. The largest absolute Gasteiger partial charge is 0.455 e. The number of nitrogens with zero attached hydrogens (tertiary/aromatic N) is 1. The van der Waals surface area contributed by atoms with Crippen molar-refractivity contribution in [2.75, 3.05) is 31.6 Å². The molecule has 0 spiro atoms. The van der Waals surface area contributed by atoms with Gasteiger partial charge in [-0.2, -0.15) is 4.31 Å². The highest BCUT2D eigenvalue weighted by molar-refractivity contribution is 7.89. The summed E-state index contributed by atoms with van der Waals surface area (Å²) in [6.45, 7) is 4.92. The predicted octanol–water partition coefficient (Wildman–Crippen LogP) is 4.57. The Kier molecular flexibility index (Phi) is 6.80. The summed E-state index contributed by atoms with van der Waals surface area (Å²) in [4.78, 5) is 14.8. The molecule has 0 unspecified atom stereocenters. The van der Waals surface area contributed by atoms with E-state index in [1.165, 1.54) is 58.1 Å². The summed E-state index contributed by atoms with van der Waals surface area (Å²) < 4.78 is 52.0. The summed E-state index contributed by atoms with van der Waals surface area (Å²) in [5.74, 6) is -0.202. The molecule has 0 radical (unpaired) electrons. The average molecular weight is 491 g/mol. The third-order valence-corrected chi connectivity index (χ3v) is 7.99. The normalized spacial score (nSPS) is 14.8. The van der Waals surface area contributed by atoms with Gasteiger partial charge >= 0.3 is 0 Å². The van der Waals surface area contributed by atoms with Crippen molar-refractivity contribution in [3.05, 3.63) is 69.7 Å². The number of anilines is 1. The molecule has 0 aliphatic carbocycles. The maximum atomic E-state index is 13.3. The van der Waals surface area contributed by atoms with Crippen LogP contribution < -0.4 is 10.1 Å². The van der Waals surface area contributed by atoms with Gasteiger partial charge in [-0.3, -0.25) is 4.79 Å². The summed E-state index contributed by atoms with van der Waals surface area (Å²) in [7, 11) is -3.79.